The summed E-state index contributed by atoms with van der Waals surface area (Å²) in [6.07, 6.45) is 0. The van der Waals surface area contributed by atoms with Crippen LogP contribution >= 0.6 is 0 Å². The van der Waals surface area contributed by atoms with Gasteiger partial charge in [0.25, 0.3) is 0 Å². The molecule has 1 amide bonds. The van der Waals surface area contributed by atoms with Gasteiger partial charge in [-0.25, -0.2) is 8.42 Å². The molecule has 0 N–H and O–H groups in total. The third-order valence-corrected chi connectivity index (χ3v) is 5.63. The van der Waals surface area contributed by atoms with E-state index in [0.717, 1.165) is 0 Å². The van der Waals surface area contributed by atoms with Crippen LogP contribution in [0, 0.1) is 6.92 Å². The number of likely N-dealkylation sites (N-methyl/N-ethyl adjacent to an activating group) is 1. The van der Waals surface area contributed by atoms with Crippen molar-refractivity contribution in [1.82, 2.24) is 9.21 Å². The minimum Gasteiger partial charge on any atom is -0.343 e. The van der Waals surface area contributed by atoms with E-state index in [1.54, 1.807) is 50.1 Å². The Bertz CT molecular complexity index is 598. The van der Waals surface area contributed by atoms with Crippen LogP contribution in [-0.4, -0.2) is 49.7 Å². The van der Waals surface area contributed by atoms with E-state index in [1.807, 2.05) is 0 Å². The Morgan fingerprint density at radius 2 is 1.84 bits per heavy atom. The topological polar surface area (TPSA) is 57.7 Å². The Labute approximate surface area is 113 Å². The van der Waals surface area contributed by atoms with Crippen LogP contribution in [0.15, 0.2) is 29.2 Å². The predicted molar refractivity (Wildman–Crippen MR) is 72.2 cm³/mol. The summed E-state index contributed by atoms with van der Waals surface area (Å²) in [4.78, 5) is 13.8. The minimum absolute atomic E-state index is 0.164. The summed E-state index contributed by atoms with van der Waals surface area (Å²) in [6.45, 7) is 4.15. The normalized spacial score (nSPS) is 21.7. The average Bonchev–Trinajstić information content (AvgIpc) is 2.36. The molecule has 19 heavy (non-hydrogen) atoms. The predicted octanol–water partition coefficient (Wildman–Crippen LogP) is 0.846. The van der Waals surface area contributed by atoms with Gasteiger partial charge in [0, 0.05) is 20.1 Å². The van der Waals surface area contributed by atoms with Crippen molar-refractivity contribution in [2.75, 3.05) is 20.1 Å². The van der Waals surface area contributed by atoms with Crippen molar-refractivity contribution >= 4 is 15.9 Å². The zero-order chi connectivity index (χ0) is 14.2. The maximum absolute atomic E-state index is 12.6. The molecule has 0 aromatic heterocycles. The molecule has 0 spiro atoms. The van der Waals surface area contributed by atoms with Gasteiger partial charge in [0.05, 0.1) is 4.90 Å². The zero-order valence-corrected chi connectivity index (χ0v) is 12.1. The fourth-order valence-corrected chi connectivity index (χ4v) is 4.10. The molecular weight excluding hydrogens is 264 g/mol. The van der Waals surface area contributed by atoms with Crippen LogP contribution in [0.5, 0.6) is 0 Å². The number of aryl methyl sites for hydroxylation is 1. The fraction of sp³-hybridized carbons (Fsp3) is 0.462. The molecule has 0 aliphatic carbocycles. The van der Waals surface area contributed by atoms with Gasteiger partial charge in [0.2, 0.25) is 15.9 Å². The molecule has 0 radical (unpaired) electrons. The van der Waals surface area contributed by atoms with E-state index >= 15 is 0 Å². The van der Waals surface area contributed by atoms with Crippen LogP contribution in [0.4, 0.5) is 0 Å². The Balaban J connectivity index is 2.41. The van der Waals surface area contributed by atoms with Crippen LogP contribution < -0.4 is 0 Å². The number of hydrogen-bond acceptors (Lipinski definition) is 3. The Morgan fingerprint density at radius 3 is 2.47 bits per heavy atom. The molecule has 1 aliphatic rings. The monoisotopic (exact) mass is 282 g/mol. The van der Waals surface area contributed by atoms with Crippen molar-refractivity contribution in [3.05, 3.63) is 29.8 Å². The van der Waals surface area contributed by atoms with E-state index < -0.39 is 16.1 Å². The first kappa shape index (κ1) is 14.0. The molecule has 1 aromatic carbocycles. The maximum Gasteiger partial charge on any atom is 0.244 e. The van der Waals surface area contributed by atoms with Crippen molar-refractivity contribution in [3.8, 4) is 0 Å². The van der Waals surface area contributed by atoms with Crippen molar-refractivity contribution < 1.29 is 13.2 Å². The highest BCUT2D eigenvalue weighted by molar-refractivity contribution is 7.89. The molecule has 0 saturated carbocycles. The first-order valence-electron chi connectivity index (χ1n) is 6.18. The van der Waals surface area contributed by atoms with Crippen LogP contribution in [0.25, 0.3) is 0 Å². The first-order chi connectivity index (χ1) is 8.85. The number of carbonyl (C=O) groups is 1. The standard InChI is InChI=1S/C13H18N2O3S/c1-10-6-4-5-7-12(10)19(17,18)15-9-8-14(3)13(16)11(15)2/h4-7,11H,8-9H2,1-3H3. The van der Waals surface area contributed by atoms with Crippen molar-refractivity contribution in [1.29, 1.82) is 0 Å². The Morgan fingerprint density at radius 1 is 1.21 bits per heavy atom. The van der Waals surface area contributed by atoms with E-state index in [0.29, 0.717) is 18.7 Å². The first-order valence-corrected chi connectivity index (χ1v) is 7.62. The summed E-state index contributed by atoms with van der Waals surface area (Å²) in [7, 11) is -1.92. The van der Waals surface area contributed by atoms with Crippen molar-refractivity contribution in [3.63, 3.8) is 0 Å². The number of benzene rings is 1. The third-order valence-electron chi connectivity index (χ3n) is 3.50. The molecule has 5 nitrogen and oxygen atoms in total. The lowest BCUT2D eigenvalue weighted by atomic mass is 10.2. The molecule has 2 rings (SSSR count). The molecule has 1 aliphatic heterocycles. The zero-order valence-electron chi connectivity index (χ0n) is 11.3. The van der Waals surface area contributed by atoms with Crippen LogP contribution in [0.1, 0.15) is 12.5 Å². The number of sulfonamides is 1. The lowest BCUT2D eigenvalue weighted by Gasteiger charge is -2.36. The highest BCUT2D eigenvalue weighted by Crippen LogP contribution is 2.23. The van der Waals surface area contributed by atoms with E-state index in [9.17, 15) is 13.2 Å². The van der Waals surface area contributed by atoms with E-state index in [4.69, 9.17) is 0 Å². The third kappa shape index (κ3) is 2.37. The van der Waals surface area contributed by atoms with Gasteiger partial charge in [0.15, 0.2) is 0 Å². The molecule has 1 fully saturated rings. The summed E-state index contributed by atoms with van der Waals surface area (Å²) >= 11 is 0. The highest BCUT2D eigenvalue weighted by atomic mass is 32.2. The molecule has 1 saturated heterocycles. The molecule has 1 heterocycles. The second-order valence-corrected chi connectivity index (χ2v) is 6.68. The molecule has 104 valence electrons. The lowest BCUT2D eigenvalue weighted by molar-refractivity contribution is -0.136. The van der Waals surface area contributed by atoms with Gasteiger partial charge in [-0.2, -0.15) is 4.31 Å². The second kappa shape index (κ2) is 4.94. The molecule has 0 bridgehead atoms. The highest BCUT2D eigenvalue weighted by Gasteiger charge is 2.38. The Kier molecular flexibility index (Phi) is 3.64. The smallest absolute Gasteiger partial charge is 0.244 e. The number of nitrogens with zero attached hydrogens (tertiary/aromatic N) is 2. The van der Waals surface area contributed by atoms with E-state index in [2.05, 4.69) is 0 Å². The molecule has 6 heteroatoms. The van der Waals surface area contributed by atoms with Crippen molar-refractivity contribution in [2.24, 2.45) is 0 Å². The van der Waals surface area contributed by atoms with Crippen molar-refractivity contribution in [2.45, 2.75) is 24.8 Å². The number of carbonyl (C=O) groups excluding carboxylic acids is 1. The van der Waals surface area contributed by atoms with Gasteiger partial charge in [-0.1, -0.05) is 18.2 Å². The largest absolute Gasteiger partial charge is 0.343 e. The Hall–Kier alpha value is -1.40. The number of piperazine rings is 1. The van der Waals surface area contributed by atoms with Crippen LogP contribution in [0.3, 0.4) is 0 Å². The summed E-state index contributed by atoms with van der Waals surface area (Å²) in [5, 5.41) is 0. The van der Waals surface area contributed by atoms with Crippen LogP contribution in [0.2, 0.25) is 0 Å². The van der Waals surface area contributed by atoms with Gasteiger partial charge >= 0.3 is 0 Å². The summed E-state index contributed by atoms with van der Waals surface area (Å²) < 4.78 is 26.5. The SMILES string of the molecule is Cc1ccccc1S(=O)(=O)N1CCN(C)C(=O)C1C. The quantitative estimate of drug-likeness (QED) is 0.808. The van der Waals surface area contributed by atoms with Gasteiger partial charge in [-0.3, -0.25) is 4.79 Å². The van der Waals surface area contributed by atoms with E-state index in [-0.39, 0.29) is 10.8 Å². The maximum atomic E-state index is 12.6. The number of rotatable bonds is 2. The molecule has 1 atom stereocenters. The minimum atomic E-state index is -3.61. The molecule has 1 aromatic rings. The van der Waals surface area contributed by atoms with Gasteiger partial charge in [-0.15, -0.1) is 0 Å². The second-order valence-electron chi connectivity index (χ2n) is 4.82. The number of amides is 1. The lowest BCUT2D eigenvalue weighted by Crippen LogP contribution is -2.56. The summed E-state index contributed by atoms with van der Waals surface area (Å²) in [5.41, 5.74) is 0.695. The summed E-state index contributed by atoms with van der Waals surface area (Å²) in [6, 6.07) is 6.19. The molecule has 1 unspecified atom stereocenters. The fourth-order valence-electron chi connectivity index (χ4n) is 2.30. The van der Waals surface area contributed by atoms with Gasteiger partial charge in [-0.05, 0) is 25.5 Å². The van der Waals surface area contributed by atoms with E-state index in [1.165, 1.54) is 4.31 Å². The van der Waals surface area contributed by atoms with Crippen LogP contribution in [-0.2, 0) is 14.8 Å². The summed E-state index contributed by atoms with van der Waals surface area (Å²) in [5.74, 6) is -0.164. The average molecular weight is 282 g/mol. The van der Waals surface area contributed by atoms with Gasteiger partial charge in [0.1, 0.15) is 6.04 Å². The number of hydrogen-bond donors (Lipinski definition) is 0. The molecular formula is C13H18N2O3S. The van der Waals surface area contributed by atoms with Gasteiger partial charge < -0.3 is 4.90 Å².